The number of amides is 1. The van der Waals surface area contributed by atoms with Gasteiger partial charge in [-0.25, -0.2) is 4.39 Å². The number of para-hydroxylation sites is 1. The van der Waals surface area contributed by atoms with Crippen LogP contribution in [0.1, 0.15) is 25.1 Å². The number of carbonyl (C=O) groups excluding carboxylic acids is 1. The van der Waals surface area contributed by atoms with Gasteiger partial charge in [0.25, 0.3) is 11.8 Å². The minimum Gasteiger partial charge on any atom is -0.484 e. The second-order valence-electron chi connectivity index (χ2n) is 7.97. The zero-order valence-electron chi connectivity index (χ0n) is 18.0. The Labute approximate surface area is 186 Å². The first-order valence-electron chi connectivity index (χ1n) is 10.6. The molecule has 8 heteroatoms. The number of benzene rings is 2. The molecule has 1 saturated heterocycles. The smallest absolute Gasteiger partial charge is 0.260 e. The maximum atomic E-state index is 13.3. The van der Waals surface area contributed by atoms with Crippen LogP contribution < -0.4 is 4.74 Å². The minimum absolute atomic E-state index is 0.0303. The predicted molar refractivity (Wildman–Crippen MR) is 116 cm³/mol. The van der Waals surface area contributed by atoms with Crippen molar-refractivity contribution in [2.24, 2.45) is 0 Å². The zero-order chi connectivity index (χ0) is 22.4. The molecule has 168 valence electrons. The SMILES string of the molecule is COCCC1(c2noc(-c3ccc(F)cc3)n2)CCCN(C(=O)COc2ccccc2)C1. The molecule has 0 bridgehead atoms. The van der Waals surface area contributed by atoms with Crippen LogP contribution in [0.4, 0.5) is 4.39 Å². The summed E-state index contributed by atoms with van der Waals surface area (Å²) in [5.74, 6) is 1.11. The molecule has 0 aliphatic carbocycles. The van der Waals surface area contributed by atoms with Crippen LogP contribution in [0.3, 0.4) is 0 Å². The van der Waals surface area contributed by atoms with Gasteiger partial charge in [-0.15, -0.1) is 0 Å². The summed E-state index contributed by atoms with van der Waals surface area (Å²) in [5, 5.41) is 4.25. The molecule has 0 spiro atoms. The van der Waals surface area contributed by atoms with Crippen LogP contribution in [0, 0.1) is 5.82 Å². The van der Waals surface area contributed by atoms with Crippen LogP contribution in [0.5, 0.6) is 5.75 Å². The van der Waals surface area contributed by atoms with Crippen molar-refractivity contribution >= 4 is 5.91 Å². The first kappa shape index (κ1) is 22.0. The normalized spacial score (nSPS) is 18.5. The topological polar surface area (TPSA) is 77.7 Å². The van der Waals surface area contributed by atoms with Crippen LogP contribution in [-0.4, -0.2) is 54.4 Å². The first-order chi connectivity index (χ1) is 15.6. The Balaban J connectivity index is 1.51. The van der Waals surface area contributed by atoms with E-state index in [-0.39, 0.29) is 18.3 Å². The fourth-order valence-electron chi connectivity index (χ4n) is 4.04. The van der Waals surface area contributed by atoms with Crippen molar-refractivity contribution in [2.45, 2.75) is 24.7 Å². The lowest BCUT2D eigenvalue weighted by Gasteiger charge is -2.40. The number of halogens is 1. The molecule has 0 radical (unpaired) electrons. The summed E-state index contributed by atoms with van der Waals surface area (Å²) in [6, 6.07) is 15.2. The Bertz CT molecular complexity index is 1030. The summed E-state index contributed by atoms with van der Waals surface area (Å²) >= 11 is 0. The van der Waals surface area contributed by atoms with E-state index in [0.29, 0.717) is 49.1 Å². The average molecular weight is 439 g/mol. The summed E-state index contributed by atoms with van der Waals surface area (Å²) in [5.41, 5.74) is 0.158. The Kier molecular flexibility index (Phi) is 6.80. The standard InChI is InChI=1S/C24H26FN3O4/c1-30-15-13-24(23-26-22(32-27-23)18-8-10-19(25)11-9-18)12-5-14-28(17-24)21(29)16-31-20-6-3-2-4-7-20/h2-4,6-11H,5,12-17H2,1H3. The van der Waals surface area contributed by atoms with E-state index in [0.717, 1.165) is 12.8 Å². The third-order valence-corrected chi connectivity index (χ3v) is 5.81. The molecule has 3 aromatic rings. The van der Waals surface area contributed by atoms with Gasteiger partial charge in [0, 0.05) is 32.4 Å². The van der Waals surface area contributed by atoms with E-state index in [9.17, 15) is 9.18 Å². The number of aromatic nitrogens is 2. The predicted octanol–water partition coefficient (Wildman–Crippen LogP) is 3.85. The molecule has 32 heavy (non-hydrogen) atoms. The van der Waals surface area contributed by atoms with E-state index in [2.05, 4.69) is 10.1 Å². The molecule has 1 fully saturated rings. The van der Waals surface area contributed by atoms with Gasteiger partial charge >= 0.3 is 0 Å². The Morgan fingerprint density at radius 3 is 2.72 bits per heavy atom. The lowest BCUT2D eigenvalue weighted by Crippen LogP contribution is -2.50. The number of ether oxygens (including phenoxy) is 2. The van der Waals surface area contributed by atoms with Gasteiger partial charge in [-0.3, -0.25) is 4.79 Å². The molecule has 2 heterocycles. The molecule has 1 aromatic heterocycles. The van der Waals surface area contributed by atoms with Crippen LogP contribution in [0.2, 0.25) is 0 Å². The number of piperidine rings is 1. The van der Waals surface area contributed by atoms with Crippen molar-refractivity contribution in [1.82, 2.24) is 15.0 Å². The van der Waals surface area contributed by atoms with Gasteiger partial charge in [-0.2, -0.15) is 4.98 Å². The van der Waals surface area contributed by atoms with Crippen molar-refractivity contribution in [3.8, 4) is 17.2 Å². The van der Waals surface area contributed by atoms with Gasteiger partial charge < -0.3 is 18.9 Å². The van der Waals surface area contributed by atoms with Crippen molar-refractivity contribution in [2.75, 3.05) is 33.4 Å². The van der Waals surface area contributed by atoms with Gasteiger partial charge in [0.2, 0.25) is 0 Å². The molecule has 1 amide bonds. The molecule has 1 unspecified atom stereocenters. The maximum absolute atomic E-state index is 13.3. The fourth-order valence-corrected chi connectivity index (χ4v) is 4.04. The quantitative estimate of drug-likeness (QED) is 0.531. The Hall–Kier alpha value is -3.26. The molecular weight excluding hydrogens is 413 g/mol. The second kappa shape index (κ2) is 9.91. The number of methoxy groups -OCH3 is 1. The third-order valence-electron chi connectivity index (χ3n) is 5.81. The number of nitrogens with zero attached hydrogens (tertiary/aromatic N) is 3. The number of likely N-dealkylation sites (tertiary alicyclic amines) is 1. The molecule has 2 aromatic carbocycles. The number of rotatable bonds is 8. The monoisotopic (exact) mass is 439 g/mol. The van der Waals surface area contributed by atoms with Gasteiger partial charge in [-0.05, 0) is 55.7 Å². The van der Waals surface area contributed by atoms with Gasteiger partial charge in [0.15, 0.2) is 12.4 Å². The van der Waals surface area contributed by atoms with Crippen molar-refractivity contribution in [3.05, 3.63) is 66.2 Å². The summed E-state index contributed by atoms with van der Waals surface area (Å²) in [6.45, 7) is 1.57. The summed E-state index contributed by atoms with van der Waals surface area (Å²) < 4.78 is 29.8. The number of hydrogen-bond donors (Lipinski definition) is 0. The first-order valence-corrected chi connectivity index (χ1v) is 10.6. The average Bonchev–Trinajstić information content (AvgIpc) is 3.33. The largest absolute Gasteiger partial charge is 0.484 e. The zero-order valence-corrected chi connectivity index (χ0v) is 18.0. The van der Waals surface area contributed by atoms with Gasteiger partial charge in [0.1, 0.15) is 11.6 Å². The highest BCUT2D eigenvalue weighted by atomic mass is 19.1. The van der Waals surface area contributed by atoms with Crippen molar-refractivity contribution in [1.29, 1.82) is 0 Å². The van der Waals surface area contributed by atoms with E-state index in [1.54, 1.807) is 24.1 Å². The molecule has 0 saturated carbocycles. The van der Waals surface area contributed by atoms with Crippen LogP contribution >= 0.6 is 0 Å². The van der Waals surface area contributed by atoms with Gasteiger partial charge in [0.05, 0.1) is 5.41 Å². The minimum atomic E-state index is -0.488. The van der Waals surface area contributed by atoms with E-state index in [1.165, 1.54) is 12.1 Å². The van der Waals surface area contributed by atoms with E-state index in [1.807, 2.05) is 30.3 Å². The molecule has 0 N–H and O–H groups in total. The Morgan fingerprint density at radius 1 is 1.19 bits per heavy atom. The second-order valence-corrected chi connectivity index (χ2v) is 7.97. The van der Waals surface area contributed by atoms with Crippen LogP contribution in [-0.2, 0) is 14.9 Å². The summed E-state index contributed by atoms with van der Waals surface area (Å²) in [4.78, 5) is 19.3. The highest BCUT2D eigenvalue weighted by molar-refractivity contribution is 5.78. The lowest BCUT2D eigenvalue weighted by atomic mass is 9.76. The van der Waals surface area contributed by atoms with Crippen molar-refractivity contribution < 1.29 is 23.2 Å². The Morgan fingerprint density at radius 2 is 1.97 bits per heavy atom. The third kappa shape index (κ3) is 4.96. The summed E-state index contributed by atoms with van der Waals surface area (Å²) in [7, 11) is 1.65. The molecule has 1 aliphatic rings. The van der Waals surface area contributed by atoms with Gasteiger partial charge in [-0.1, -0.05) is 23.4 Å². The molecule has 1 atom stereocenters. The number of carbonyl (C=O) groups is 1. The molecule has 1 aliphatic heterocycles. The lowest BCUT2D eigenvalue weighted by molar-refractivity contribution is -0.136. The maximum Gasteiger partial charge on any atom is 0.260 e. The van der Waals surface area contributed by atoms with E-state index < -0.39 is 5.41 Å². The van der Waals surface area contributed by atoms with Crippen LogP contribution in [0.15, 0.2) is 59.1 Å². The fraction of sp³-hybridized carbons (Fsp3) is 0.375. The van der Waals surface area contributed by atoms with Crippen LogP contribution in [0.25, 0.3) is 11.5 Å². The molecule has 7 nitrogen and oxygen atoms in total. The highest BCUT2D eigenvalue weighted by Gasteiger charge is 2.42. The molecular formula is C24H26FN3O4. The summed E-state index contributed by atoms with van der Waals surface area (Å²) in [6.07, 6.45) is 2.26. The number of hydrogen-bond acceptors (Lipinski definition) is 6. The highest BCUT2D eigenvalue weighted by Crippen LogP contribution is 2.37. The van der Waals surface area contributed by atoms with E-state index in [4.69, 9.17) is 14.0 Å². The van der Waals surface area contributed by atoms with E-state index >= 15 is 0 Å². The molecule has 4 rings (SSSR count). The van der Waals surface area contributed by atoms with Crippen molar-refractivity contribution in [3.63, 3.8) is 0 Å².